The van der Waals surface area contributed by atoms with Gasteiger partial charge < -0.3 is 5.11 Å². The van der Waals surface area contributed by atoms with Gasteiger partial charge in [-0.1, -0.05) is 11.6 Å². The fraction of sp³-hybridized carbons (Fsp3) is 0.308. The Morgan fingerprint density at radius 3 is 2.83 bits per heavy atom. The monoisotopic (exact) mass is 263 g/mol. The van der Waals surface area contributed by atoms with E-state index in [0.717, 1.165) is 22.5 Å². The van der Waals surface area contributed by atoms with Gasteiger partial charge in [-0.2, -0.15) is 10.2 Å². The quantitative estimate of drug-likeness (QED) is 0.924. The van der Waals surface area contributed by atoms with Gasteiger partial charge in [0.25, 0.3) is 0 Å². The van der Waals surface area contributed by atoms with Crippen LogP contribution in [0.1, 0.15) is 28.6 Å². The lowest BCUT2D eigenvalue weighted by molar-refractivity contribution is 0.177. The molecule has 0 amide bonds. The van der Waals surface area contributed by atoms with E-state index >= 15 is 0 Å². The van der Waals surface area contributed by atoms with Gasteiger partial charge >= 0.3 is 0 Å². The molecule has 0 aromatic carbocycles. The van der Waals surface area contributed by atoms with Crippen molar-refractivity contribution in [2.45, 2.75) is 26.4 Å². The fourth-order valence-corrected chi connectivity index (χ4v) is 1.99. The van der Waals surface area contributed by atoms with Crippen LogP contribution in [0, 0.1) is 13.8 Å². The van der Waals surface area contributed by atoms with Crippen LogP contribution in [0.3, 0.4) is 0 Å². The number of aromatic nitrogens is 3. The predicted octanol–water partition coefficient (Wildman–Crippen LogP) is 2.42. The molecule has 94 valence electrons. The molecule has 0 spiro atoms. The van der Waals surface area contributed by atoms with Gasteiger partial charge in [0.2, 0.25) is 0 Å². The number of pyridine rings is 1. The molecule has 4 nitrogen and oxygen atoms in total. The van der Waals surface area contributed by atoms with Crippen molar-refractivity contribution in [1.29, 1.82) is 0 Å². The molecule has 0 bridgehead atoms. The third kappa shape index (κ3) is 2.83. The first-order valence-electron chi connectivity index (χ1n) is 5.65. The van der Waals surface area contributed by atoms with Crippen molar-refractivity contribution in [1.82, 2.24) is 15.2 Å². The van der Waals surface area contributed by atoms with Crippen LogP contribution in [0.5, 0.6) is 0 Å². The minimum atomic E-state index is -0.640. The van der Waals surface area contributed by atoms with E-state index in [9.17, 15) is 5.11 Å². The SMILES string of the molecule is Cc1cc(C(O)Cc2ccncc2Cl)c(C)nn1. The summed E-state index contributed by atoms with van der Waals surface area (Å²) in [5.41, 5.74) is 3.18. The second kappa shape index (κ2) is 5.42. The Morgan fingerprint density at radius 2 is 2.11 bits per heavy atom. The molecule has 0 saturated carbocycles. The second-order valence-electron chi connectivity index (χ2n) is 4.21. The van der Waals surface area contributed by atoms with E-state index < -0.39 is 6.10 Å². The summed E-state index contributed by atoms with van der Waals surface area (Å²) < 4.78 is 0. The standard InChI is InChI=1S/C13H14ClN3O/c1-8-5-11(9(2)17-16-8)13(18)6-10-3-4-15-7-12(10)14/h3-5,7,13,18H,6H2,1-2H3. The lowest BCUT2D eigenvalue weighted by Crippen LogP contribution is -2.07. The number of aryl methyl sites for hydroxylation is 2. The largest absolute Gasteiger partial charge is 0.388 e. The molecule has 2 rings (SSSR count). The summed E-state index contributed by atoms with van der Waals surface area (Å²) in [5.74, 6) is 0. The highest BCUT2D eigenvalue weighted by Gasteiger charge is 2.14. The number of aliphatic hydroxyl groups excluding tert-OH is 1. The number of halogens is 1. The molecule has 1 unspecified atom stereocenters. The van der Waals surface area contributed by atoms with Gasteiger partial charge in [-0.25, -0.2) is 0 Å². The Labute approximate surface area is 111 Å². The van der Waals surface area contributed by atoms with E-state index in [1.54, 1.807) is 12.4 Å². The number of nitrogens with zero attached hydrogens (tertiary/aromatic N) is 3. The Bertz CT molecular complexity index is 560. The molecule has 2 aromatic heterocycles. The summed E-state index contributed by atoms with van der Waals surface area (Å²) in [4.78, 5) is 3.92. The Morgan fingerprint density at radius 1 is 1.33 bits per heavy atom. The Kier molecular flexibility index (Phi) is 3.89. The van der Waals surface area contributed by atoms with Crippen LogP contribution >= 0.6 is 11.6 Å². The van der Waals surface area contributed by atoms with E-state index in [1.165, 1.54) is 0 Å². The Hall–Kier alpha value is -1.52. The van der Waals surface area contributed by atoms with Crippen molar-refractivity contribution in [3.05, 3.63) is 52.1 Å². The normalized spacial score (nSPS) is 12.4. The molecule has 5 heteroatoms. The molecule has 18 heavy (non-hydrogen) atoms. The molecular formula is C13H14ClN3O. The number of rotatable bonds is 3. The molecule has 1 atom stereocenters. The first-order valence-corrected chi connectivity index (χ1v) is 6.03. The average Bonchev–Trinajstić information content (AvgIpc) is 2.35. The summed E-state index contributed by atoms with van der Waals surface area (Å²) in [6.45, 7) is 3.68. The molecule has 0 aliphatic rings. The lowest BCUT2D eigenvalue weighted by Gasteiger charge is -2.14. The maximum atomic E-state index is 10.3. The van der Waals surface area contributed by atoms with Gasteiger partial charge in [0.05, 0.1) is 22.5 Å². The summed E-state index contributed by atoms with van der Waals surface area (Å²) in [6.07, 6.45) is 3.04. The molecule has 0 aliphatic carbocycles. The first-order chi connectivity index (χ1) is 8.58. The third-order valence-electron chi connectivity index (χ3n) is 2.77. The highest BCUT2D eigenvalue weighted by atomic mass is 35.5. The molecule has 0 radical (unpaired) electrons. The molecular weight excluding hydrogens is 250 g/mol. The molecule has 0 aliphatic heterocycles. The van der Waals surface area contributed by atoms with E-state index in [2.05, 4.69) is 15.2 Å². The maximum absolute atomic E-state index is 10.3. The van der Waals surface area contributed by atoms with Crippen molar-refractivity contribution in [3.8, 4) is 0 Å². The van der Waals surface area contributed by atoms with E-state index in [-0.39, 0.29) is 0 Å². The van der Waals surface area contributed by atoms with Crippen molar-refractivity contribution in [3.63, 3.8) is 0 Å². The minimum Gasteiger partial charge on any atom is -0.388 e. The molecule has 0 fully saturated rings. The minimum absolute atomic E-state index is 0.438. The third-order valence-corrected chi connectivity index (χ3v) is 3.11. The van der Waals surface area contributed by atoms with Crippen molar-refractivity contribution in [2.75, 3.05) is 0 Å². The van der Waals surface area contributed by atoms with Crippen molar-refractivity contribution >= 4 is 11.6 Å². The van der Waals surface area contributed by atoms with Gasteiger partial charge in [-0.3, -0.25) is 4.98 Å². The second-order valence-corrected chi connectivity index (χ2v) is 4.62. The van der Waals surface area contributed by atoms with Crippen LogP contribution in [0.4, 0.5) is 0 Å². The summed E-state index contributed by atoms with van der Waals surface area (Å²) >= 11 is 6.03. The van der Waals surface area contributed by atoms with E-state index in [0.29, 0.717) is 11.4 Å². The zero-order valence-corrected chi connectivity index (χ0v) is 11.0. The highest BCUT2D eigenvalue weighted by Crippen LogP contribution is 2.24. The topological polar surface area (TPSA) is 58.9 Å². The van der Waals surface area contributed by atoms with E-state index in [4.69, 9.17) is 11.6 Å². The number of hydrogen-bond donors (Lipinski definition) is 1. The zero-order chi connectivity index (χ0) is 13.1. The van der Waals surface area contributed by atoms with Crippen LogP contribution in [-0.2, 0) is 6.42 Å². The average molecular weight is 264 g/mol. The number of hydrogen-bond acceptors (Lipinski definition) is 4. The van der Waals surface area contributed by atoms with Gasteiger partial charge in [-0.15, -0.1) is 0 Å². The Balaban J connectivity index is 2.25. The fourth-order valence-electron chi connectivity index (χ4n) is 1.80. The van der Waals surface area contributed by atoms with Crippen LogP contribution in [-0.4, -0.2) is 20.3 Å². The van der Waals surface area contributed by atoms with Gasteiger partial charge in [0.15, 0.2) is 0 Å². The highest BCUT2D eigenvalue weighted by molar-refractivity contribution is 6.31. The van der Waals surface area contributed by atoms with Gasteiger partial charge in [-0.05, 0) is 31.5 Å². The smallest absolute Gasteiger partial charge is 0.0849 e. The van der Waals surface area contributed by atoms with Gasteiger partial charge in [0, 0.05) is 24.4 Å². The first kappa shape index (κ1) is 12.9. The molecule has 2 heterocycles. The lowest BCUT2D eigenvalue weighted by atomic mass is 10.0. The van der Waals surface area contributed by atoms with Crippen LogP contribution in [0.25, 0.3) is 0 Å². The maximum Gasteiger partial charge on any atom is 0.0849 e. The number of aliphatic hydroxyl groups is 1. The van der Waals surface area contributed by atoms with E-state index in [1.807, 2.05) is 26.0 Å². The van der Waals surface area contributed by atoms with Crippen LogP contribution in [0.15, 0.2) is 24.5 Å². The predicted molar refractivity (Wildman–Crippen MR) is 69.4 cm³/mol. The van der Waals surface area contributed by atoms with Gasteiger partial charge in [0.1, 0.15) is 0 Å². The van der Waals surface area contributed by atoms with Crippen LogP contribution in [0.2, 0.25) is 5.02 Å². The molecule has 2 aromatic rings. The molecule has 1 N–H and O–H groups in total. The molecule has 0 saturated heterocycles. The summed E-state index contributed by atoms with van der Waals surface area (Å²) in [7, 11) is 0. The summed E-state index contributed by atoms with van der Waals surface area (Å²) in [5, 5.41) is 18.8. The van der Waals surface area contributed by atoms with Crippen molar-refractivity contribution < 1.29 is 5.11 Å². The zero-order valence-electron chi connectivity index (χ0n) is 10.3. The van der Waals surface area contributed by atoms with Crippen molar-refractivity contribution in [2.24, 2.45) is 0 Å². The summed E-state index contributed by atoms with van der Waals surface area (Å²) in [6, 6.07) is 3.66. The van der Waals surface area contributed by atoms with Crippen LogP contribution < -0.4 is 0 Å².